The second-order valence-corrected chi connectivity index (χ2v) is 6.59. The molecule has 1 aromatic heterocycles. The first kappa shape index (κ1) is 17.1. The number of nitrogens with zero attached hydrogens (tertiary/aromatic N) is 4. The number of carbonyl (C=O) groups excluding carboxylic acids is 1. The van der Waals surface area contributed by atoms with Gasteiger partial charge in [-0.3, -0.25) is 19.6 Å². The number of aryl methyl sites for hydroxylation is 2. The summed E-state index contributed by atoms with van der Waals surface area (Å²) < 4.78 is 1.44. The quantitative estimate of drug-likeness (QED) is 0.631. The lowest BCUT2D eigenvalue weighted by atomic mass is 10.0. The second kappa shape index (κ2) is 6.66. The lowest BCUT2D eigenvalue weighted by molar-refractivity contribution is -0.386. The van der Waals surface area contributed by atoms with Crippen LogP contribution in [0.2, 0.25) is 0 Å². The molecule has 2 aromatic rings. The first-order valence-electron chi connectivity index (χ1n) is 8.43. The maximum Gasteiger partial charge on any atom is 0.312 e. The summed E-state index contributed by atoms with van der Waals surface area (Å²) in [6, 6.07) is 8.32. The first-order valence-corrected chi connectivity index (χ1v) is 8.43. The van der Waals surface area contributed by atoms with Crippen molar-refractivity contribution in [3.8, 4) is 0 Å². The maximum atomic E-state index is 12.8. The van der Waals surface area contributed by atoms with E-state index in [2.05, 4.69) is 29.4 Å². The Kier molecular flexibility index (Phi) is 4.57. The van der Waals surface area contributed by atoms with Crippen LogP contribution in [-0.2, 0) is 11.3 Å². The lowest BCUT2D eigenvalue weighted by Crippen LogP contribution is -2.34. The predicted molar refractivity (Wildman–Crippen MR) is 93.2 cm³/mol. The van der Waals surface area contributed by atoms with Gasteiger partial charge in [0.05, 0.1) is 11.0 Å². The average Bonchev–Trinajstić information content (AvgIpc) is 3.13. The van der Waals surface area contributed by atoms with E-state index < -0.39 is 4.92 Å². The first-order chi connectivity index (χ1) is 11.9. The molecule has 1 aromatic carbocycles. The zero-order valence-electron chi connectivity index (χ0n) is 14.7. The van der Waals surface area contributed by atoms with Crippen molar-refractivity contribution in [2.24, 2.45) is 0 Å². The lowest BCUT2D eigenvalue weighted by Gasteiger charge is -2.25. The van der Waals surface area contributed by atoms with Crippen molar-refractivity contribution in [1.29, 1.82) is 0 Å². The van der Waals surface area contributed by atoms with Crippen molar-refractivity contribution in [2.45, 2.75) is 46.2 Å². The molecular formula is C18H22N4O3. The third-order valence-corrected chi connectivity index (χ3v) is 4.85. The third kappa shape index (κ3) is 3.26. The minimum Gasteiger partial charge on any atom is -0.334 e. The summed E-state index contributed by atoms with van der Waals surface area (Å²) in [6.07, 6.45) is 1.90. The molecule has 1 aliphatic heterocycles. The van der Waals surface area contributed by atoms with E-state index in [1.807, 2.05) is 11.8 Å². The number of hydrogen-bond donors (Lipinski definition) is 0. The van der Waals surface area contributed by atoms with Crippen LogP contribution in [-0.4, -0.2) is 32.1 Å². The summed E-state index contributed by atoms with van der Waals surface area (Å²) in [5.74, 6) is -0.0522. The molecule has 7 nitrogen and oxygen atoms in total. The molecule has 0 saturated carbocycles. The summed E-state index contributed by atoms with van der Waals surface area (Å²) in [6.45, 7) is 6.00. The van der Waals surface area contributed by atoms with Gasteiger partial charge in [0, 0.05) is 6.54 Å². The van der Waals surface area contributed by atoms with E-state index in [-0.39, 0.29) is 24.2 Å². The smallest absolute Gasteiger partial charge is 0.312 e. The number of likely N-dealkylation sites (tertiary alicyclic amines) is 1. The number of hydrogen-bond acceptors (Lipinski definition) is 4. The van der Waals surface area contributed by atoms with E-state index in [1.54, 1.807) is 13.8 Å². The van der Waals surface area contributed by atoms with Crippen LogP contribution >= 0.6 is 0 Å². The molecule has 2 heterocycles. The maximum absolute atomic E-state index is 12.8. The Hall–Kier alpha value is -2.70. The Balaban J connectivity index is 1.80. The second-order valence-electron chi connectivity index (χ2n) is 6.59. The van der Waals surface area contributed by atoms with Gasteiger partial charge in [0.1, 0.15) is 17.9 Å². The normalized spacial score (nSPS) is 17.1. The van der Waals surface area contributed by atoms with E-state index in [1.165, 1.54) is 10.2 Å². The minimum absolute atomic E-state index is 0.00990. The van der Waals surface area contributed by atoms with Crippen LogP contribution in [0.25, 0.3) is 0 Å². The predicted octanol–water partition coefficient (Wildman–Crippen LogP) is 3.08. The van der Waals surface area contributed by atoms with Gasteiger partial charge >= 0.3 is 5.69 Å². The number of carbonyl (C=O) groups is 1. The summed E-state index contributed by atoms with van der Waals surface area (Å²) in [5, 5.41) is 15.3. The Morgan fingerprint density at radius 2 is 1.96 bits per heavy atom. The minimum atomic E-state index is -0.441. The van der Waals surface area contributed by atoms with Crippen LogP contribution in [0.1, 0.15) is 41.4 Å². The fourth-order valence-electron chi connectivity index (χ4n) is 3.52. The van der Waals surface area contributed by atoms with Gasteiger partial charge in [0.25, 0.3) is 0 Å². The monoisotopic (exact) mass is 342 g/mol. The molecule has 0 radical (unpaired) electrons. The number of nitro groups is 1. The van der Waals surface area contributed by atoms with Crippen molar-refractivity contribution in [2.75, 3.05) is 6.54 Å². The van der Waals surface area contributed by atoms with Crippen LogP contribution in [0, 0.1) is 30.9 Å². The van der Waals surface area contributed by atoms with Gasteiger partial charge in [-0.1, -0.05) is 29.8 Å². The average molecular weight is 342 g/mol. The molecule has 0 N–H and O–H groups in total. The largest absolute Gasteiger partial charge is 0.334 e. The highest BCUT2D eigenvalue weighted by Gasteiger charge is 2.31. The van der Waals surface area contributed by atoms with Crippen molar-refractivity contribution >= 4 is 11.6 Å². The van der Waals surface area contributed by atoms with Gasteiger partial charge < -0.3 is 4.90 Å². The van der Waals surface area contributed by atoms with Crippen LogP contribution in [0.5, 0.6) is 0 Å². The van der Waals surface area contributed by atoms with Crippen LogP contribution in [0.4, 0.5) is 5.69 Å². The number of benzene rings is 1. The van der Waals surface area contributed by atoms with Crippen molar-refractivity contribution in [3.05, 3.63) is 56.9 Å². The highest BCUT2D eigenvalue weighted by molar-refractivity contribution is 5.77. The van der Waals surface area contributed by atoms with E-state index in [9.17, 15) is 14.9 Å². The molecule has 1 saturated heterocycles. The Labute approximate surface area is 146 Å². The van der Waals surface area contributed by atoms with Gasteiger partial charge in [0.2, 0.25) is 5.91 Å². The standard InChI is InChI=1S/C18H22N4O3/c1-12-6-8-15(9-7-12)16-5-4-10-20(16)17(23)11-21-14(3)18(22(24)25)13(2)19-21/h6-9,16H,4-5,10-11H2,1-3H3. The zero-order chi connectivity index (χ0) is 18.1. The summed E-state index contributed by atoms with van der Waals surface area (Å²) in [7, 11) is 0. The van der Waals surface area contributed by atoms with Gasteiger partial charge in [-0.15, -0.1) is 0 Å². The molecule has 1 aliphatic rings. The van der Waals surface area contributed by atoms with Gasteiger partial charge in [-0.05, 0) is 39.2 Å². The molecule has 7 heteroatoms. The molecule has 0 spiro atoms. The fourth-order valence-corrected chi connectivity index (χ4v) is 3.52. The van der Waals surface area contributed by atoms with Gasteiger partial charge in [-0.2, -0.15) is 5.10 Å². The number of aromatic nitrogens is 2. The molecule has 1 unspecified atom stereocenters. The van der Waals surface area contributed by atoms with Crippen LogP contribution in [0.15, 0.2) is 24.3 Å². The van der Waals surface area contributed by atoms with Crippen molar-refractivity contribution < 1.29 is 9.72 Å². The summed E-state index contributed by atoms with van der Waals surface area (Å²) in [4.78, 5) is 25.3. The molecule has 0 aliphatic carbocycles. The Morgan fingerprint density at radius 3 is 2.56 bits per heavy atom. The van der Waals surface area contributed by atoms with Crippen LogP contribution < -0.4 is 0 Å². The van der Waals surface area contributed by atoms with Gasteiger partial charge in [0.15, 0.2) is 0 Å². The fraction of sp³-hybridized carbons (Fsp3) is 0.444. The summed E-state index contributed by atoms with van der Waals surface area (Å²) in [5.41, 5.74) is 3.07. The molecule has 3 rings (SSSR count). The van der Waals surface area contributed by atoms with Crippen LogP contribution in [0.3, 0.4) is 0 Å². The number of amides is 1. The van der Waals surface area contributed by atoms with E-state index in [4.69, 9.17) is 0 Å². The highest BCUT2D eigenvalue weighted by Crippen LogP contribution is 2.32. The molecule has 132 valence electrons. The number of rotatable bonds is 4. The topological polar surface area (TPSA) is 81.3 Å². The molecule has 1 amide bonds. The Bertz CT molecular complexity index is 810. The molecule has 0 bridgehead atoms. The van der Waals surface area contributed by atoms with Gasteiger partial charge in [-0.25, -0.2) is 0 Å². The SMILES string of the molecule is Cc1ccc(C2CCCN2C(=O)Cn2nc(C)c([N+](=O)[O-])c2C)cc1. The highest BCUT2D eigenvalue weighted by atomic mass is 16.6. The third-order valence-electron chi connectivity index (χ3n) is 4.85. The molecule has 25 heavy (non-hydrogen) atoms. The van der Waals surface area contributed by atoms with Crippen molar-refractivity contribution in [1.82, 2.24) is 14.7 Å². The van der Waals surface area contributed by atoms with E-state index >= 15 is 0 Å². The molecule has 1 fully saturated rings. The molecule has 1 atom stereocenters. The Morgan fingerprint density at radius 1 is 1.28 bits per heavy atom. The van der Waals surface area contributed by atoms with Crippen molar-refractivity contribution in [3.63, 3.8) is 0 Å². The van der Waals surface area contributed by atoms with E-state index in [0.717, 1.165) is 18.4 Å². The summed E-state index contributed by atoms with van der Waals surface area (Å²) >= 11 is 0. The van der Waals surface area contributed by atoms with E-state index in [0.29, 0.717) is 17.9 Å². The molecular weight excluding hydrogens is 320 g/mol. The zero-order valence-corrected chi connectivity index (χ0v) is 14.7.